The predicted molar refractivity (Wildman–Crippen MR) is 86.6 cm³/mol. The molecule has 0 amide bonds. The minimum absolute atomic E-state index is 0. The molecule has 2 radical (unpaired) electrons. The van der Waals surface area contributed by atoms with Gasteiger partial charge in [0.05, 0.1) is 0 Å². The van der Waals surface area contributed by atoms with Crippen molar-refractivity contribution in [2.75, 3.05) is 0 Å². The second-order valence-electron chi connectivity index (χ2n) is 5.01. The van der Waals surface area contributed by atoms with Gasteiger partial charge < -0.3 is 30.5 Å². The molecule has 0 fully saturated rings. The van der Waals surface area contributed by atoms with Crippen molar-refractivity contribution >= 4 is 17.9 Å². The maximum absolute atomic E-state index is 7.36. The van der Waals surface area contributed by atoms with Crippen LogP contribution < -0.4 is 24.8 Å². The van der Waals surface area contributed by atoms with E-state index >= 15 is 0 Å². The molecule has 0 saturated heterocycles. The predicted octanol–water partition coefficient (Wildman–Crippen LogP) is -0.749. The van der Waals surface area contributed by atoms with Crippen molar-refractivity contribution in [3.05, 3.63) is 63.4 Å². The monoisotopic (exact) mass is 565 g/mol. The van der Waals surface area contributed by atoms with Gasteiger partial charge in [-0.1, -0.05) is 51.5 Å². The molecule has 0 heterocycles. The molecule has 0 saturated carbocycles. The summed E-state index contributed by atoms with van der Waals surface area (Å²) >= 11 is 3.44. The van der Waals surface area contributed by atoms with Gasteiger partial charge in [-0.25, -0.2) is 0 Å². The quantitative estimate of drug-likeness (QED) is 0.298. The molecule has 120 valence electrons. The Kier molecular flexibility index (Phi) is 17.0. The standard InChI is InChI=1S/C9H13.C8H10N.2ClH.Ge.Hf/c1-6-5-7(2)9(4)8(6)3;1-6-4-3-5-8(9)7(6)2;;;;/h5H,1-4H3;3-5,9H,1-2H3;2*1H;;/q2*-1;;;;+2/p-2. The summed E-state index contributed by atoms with van der Waals surface area (Å²) in [4.78, 5) is 0. The van der Waals surface area contributed by atoms with E-state index in [1.54, 1.807) is 0 Å². The van der Waals surface area contributed by atoms with E-state index in [0.29, 0.717) is 5.69 Å². The van der Waals surface area contributed by atoms with Gasteiger partial charge in [-0.2, -0.15) is 28.3 Å². The zero-order valence-electron chi connectivity index (χ0n) is 14.1. The molecule has 0 bridgehead atoms. The van der Waals surface area contributed by atoms with E-state index < -0.39 is 0 Å². The van der Waals surface area contributed by atoms with Gasteiger partial charge in [-0.3, -0.25) is 0 Å². The molecule has 2 aromatic carbocycles. The first-order valence-electron chi connectivity index (χ1n) is 6.57. The molecular formula is C17H23Cl2GeHfN-2. The summed E-state index contributed by atoms with van der Waals surface area (Å²) in [7, 11) is 0. The van der Waals surface area contributed by atoms with Gasteiger partial charge in [0.1, 0.15) is 0 Å². The average Bonchev–Trinajstić information content (AvgIpc) is 2.66. The Morgan fingerprint density at radius 1 is 0.909 bits per heavy atom. The second-order valence-corrected chi connectivity index (χ2v) is 5.01. The molecule has 22 heavy (non-hydrogen) atoms. The fraction of sp³-hybridized carbons (Fsp3) is 0.353. The van der Waals surface area contributed by atoms with Crippen LogP contribution in [0.2, 0.25) is 0 Å². The third-order valence-corrected chi connectivity index (χ3v) is 3.78. The Bertz CT molecular complexity index is 525. The van der Waals surface area contributed by atoms with E-state index in [2.05, 4.69) is 46.0 Å². The molecule has 0 aliphatic rings. The Morgan fingerprint density at radius 3 is 1.64 bits per heavy atom. The van der Waals surface area contributed by atoms with Crippen molar-refractivity contribution < 1.29 is 46.1 Å². The van der Waals surface area contributed by atoms with Crippen molar-refractivity contribution in [2.24, 2.45) is 0 Å². The van der Waals surface area contributed by atoms with Crippen LogP contribution in [0.15, 0.2) is 24.3 Å². The van der Waals surface area contributed by atoms with Gasteiger partial charge in [-0.05, 0) is 19.4 Å². The second kappa shape index (κ2) is 13.8. The van der Waals surface area contributed by atoms with Crippen molar-refractivity contribution in [2.45, 2.75) is 41.5 Å². The number of hydrogen-bond acceptors (Lipinski definition) is 0. The number of hydrogen-bond donors (Lipinski definition) is 0. The minimum atomic E-state index is 0. The van der Waals surface area contributed by atoms with Crippen LogP contribution in [0.3, 0.4) is 0 Å². The Hall–Kier alpha value is 0.363. The molecule has 2 aromatic rings. The topological polar surface area (TPSA) is 23.8 Å². The van der Waals surface area contributed by atoms with Crippen molar-refractivity contribution in [1.29, 1.82) is 0 Å². The van der Waals surface area contributed by atoms with Crippen molar-refractivity contribution in [1.82, 2.24) is 0 Å². The van der Waals surface area contributed by atoms with Gasteiger partial charge in [-0.15, -0.1) is 5.69 Å². The van der Waals surface area contributed by atoms with Crippen LogP contribution in [0.25, 0.3) is 5.73 Å². The summed E-state index contributed by atoms with van der Waals surface area (Å²) in [5.74, 6) is 0. The molecule has 1 nitrogen and oxygen atoms in total. The molecule has 0 aliphatic carbocycles. The average molecular weight is 563 g/mol. The van der Waals surface area contributed by atoms with Crippen LogP contribution in [-0.2, 0) is 21.3 Å². The summed E-state index contributed by atoms with van der Waals surface area (Å²) in [5, 5.41) is 0. The molecule has 0 aliphatic heterocycles. The van der Waals surface area contributed by atoms with E-state index in [1.807, 2.05) is 32.0 Å². The first-order valence-corrected chi connectivity index (χ1v) is 17.0. The summed E-state index contributed by atoms with van der Waals surface area (Å²) in [6.45, 7) is 12.7. The van der Waals surface area contributed by atoms with Gasteiger partial charge >= 0.3 is 33.5 Å². The van der Waals surface area contributed by atoms with Crippen molar-refractivity contribution in [3.63, 3.8) is 0 Å². The first kappa shape index (κ1) is 27.2. The molecule has 0 atom stereocenters. The number of halogens is 2. The van der Waals surface area contributed by atoms with E-state index in [0.717, 1.165) is 5.56 Å². The van der Waals surface area contributed by atoms with Gasteiger partial charge in [0.2, 0.25) is 0 Å². The van der Waals surface area contributed by atoms with Crippen LogP contribution in [0, 0.1) is 41.5 Å². The van der Waals surface area contributed by atoms with Crippen LogP contribution in [0.4, 0.5) is 5.69 Å². The fourth-order valence-corrected chi connectivity index (χ4v) is 1.88. The Labute approximate surface area is 167 Å². The fourth-order valence-electron chi connectivity index (χ4n) is 1.88. The summed E-state index contributed by atoms with van der Waals surface area (Å²) < 4.78 is 0. The Balaban J connectivity index is -0.000000273. The summed E-state index contributed by atoms with van der Waals surface area (Å²) in [5.41, 5.74) is 16.0. The van der Waals surface area contributed by atoms with Crippen LogP contribution in [0.1, 0.15) is 33.4 Å². The third kappa shape index (κ3) is 8.28. The van der Waals surface area contributed by atoms with E-state index in [-0.39, 0.29) is 24.8 Å². The van der Waals surface area contributed by atoms with Crippen molar-refractivity contribution in [3.8, 4) is 0 Å². The van der Waals surface area contributed by atoms with E-state index in [9.17, 15) is 0 Å². The number of rotatable bonds is 0. The SMILES string of the molecule is Cc1c[c-](C)c(C)c1C.Cc1cccc([NH-])c1C.[Cl-].[Cl-].[Ge]=[Hf+2]. The normalized spacial score (nSPS) is 8.36. The van der Waals surface area contributed by atoms with Gasteiger partial charge in [0.15, 0.2) is 0 Å². The summed E-state index contributed by atoms with van der Waals surface area (Å²) in [6, 6.07) is 7.98. The van der Waals surface area contributed by atoms with Gasteiger partial charge in [0, 0.05) is 0 Å². The molecule has 5 heteroatoms. The molecule has 0 aromatic heterocycles. The number of nitrogens with one attached hydrogen (secondary N) is 1. The maximum atomic E-state index is 7.36. The third-order valence-electron chi connectivity index (χ3n) is 3.78. The molecule has 2 rings (SSSR count). The first-order chi connectivity index (χ1) is 9.34. The molecule has 0 spiro atoms. The number of benzene rings is 1. The Morgan fingerprint density at radius 2 is 1.41 bits per heavy atom. The summed E-state index contributed by atoms with van der Waals surface area (Å²) in [6.07, 6.45) is 0. The van der Waals surface area contributed by atoms with Crippen LogP contribution in [-0.4, -0.2) is 12.2 Å². The zero-order valence-corrected chi connectivity index (χ0v) is 21.3. The zero-order chi connectivity index (χ0) is 15.9. The molecule has 0 unspecified atom stereocenters. The number of aryl methyl sites for hydroxylation is 3. The molecule has 1 N–H and O–H groups in total. The van der Waals surface area contributed by atoms with E-state index in [4.69, 9.17) is 5.73 Å². The van der Waals surface area contributed by atoms with Gasteiger partial charge in [0.25, 0.3) is 0 Å². The van der Waals surface area contributed by atoms with E-state index in [1.165, 1.54) is 49.1 Å². The molecular weight excluding hydrogens is 540 g/mol. The van der Waals surface area contributed by atoms with Crippen LogP contribution >= 0.6 is 0 Å². The van der Waals surface area contributed by atoms with Crippen LogP contribution in [0.5, 0.6) is 0 Å².